The van der Waals surface area contributed by atoms with Gasteiger partial charge in [-0.1, -0.05) is 18.2 Å². The van der Waals surface area contributed by atoms with Crippen molar-refractivity contribution < 1.29 is 70.5 Å². The van der Waals surface area contributed by atoms with E-state index in [1.54, 1.807) is 34.8 Å². The number of carbonyl (C=O) groups is 2. The summed E-state index contributed by atoms with van der Waals surface area (Å²) in [5, 5.41) is 17.5. The van der Waals surface area contributed by atoms with E-state index in [-0.39, 0.29) is 17.0 Å². The second kappa shape index (κ2) is 19.8. The average Bonchev–Trinajstić information content (AvgIpc) is 3.95. The molecule has 354 valence electrons. The van der Waals surface area contributed by atoms with Crippen LogP contribution in [0.4, 0.5) is 11.5 Å². The molecule has 6 N–H and O–H groups in total. The van der Waals surface area contributed by atoms with Gasteiger partial charge >= 0.3 is 21.6 Å². The molecule has 5 heterocycles. The molecule has 6 atom stereocenters. The van der Waals surface area contributed by atoms with Gasteiger partial charge < -0.3 is 49.2 Å². The van der Waals surface area contributed by atoms with Crippen LogP contribution in [0.1, 0.15) is 45.9 Å². The van der Waals surface area contributed by atoms with Crippen molar-refractivity contribution in [1.29, 1.82) is 0 Å². The zero-order valence-electron chi connectivity index (χ0n) is 33.0. The van der Waals surface area contributed by atoms with Crippen molar-refractivity contribution in [3.8, 4) is 5.75 Å². The number of nitro groups is 1. The van der Waals surface area contributed by atoms with E-state index in [0.717, 1.165) is 5.56 Å². The van der Waals surface area contributed by atoms with Gasteiger partial charge in [0.15, 0.2) is 19.1 Å². The van der Waals surface area contributed by atoms with Gasteiger partial charge in [-0.15, -0.1) is 0 Å². The molecule has 0 bridgehead atoms. The van der Waals surface area contributed by atoms with Gasteiger partial charge in [-0.3, -0.25) is 38.4 Å². The second-order valence-electron chi connectivity index (χ2n) is 13.9. The zero-order valence-corrected chi connectivity index (χ0v) is 40.4. The molecule has 3 fully saturated rings. The molecule has 3 saturated heterocycles. The summed E-state index contributed by atoms with van der Waals surface area (Å²) in [6.07, 6.45) is -2.41. The number of rotatable bonds is 17. The van der Waals surface area contributed by atoms with Gasteiger partial charge in [0.05, 0.1) is 36.9 Å². The standard InChI is InChI=1S/C34H42N8O16P2S.2Fm/c1-40(2)26(43)15-51-33(44)23-11-20(5-8-24(23)58-60(50)52-13-22(14-53-60)57-59(47,48)49)34-55-28-25(16-61-10-9-35)54-32(29(28)56-34)41-18-39-27-30(37-17-38-31(27)41)36-12-19-3-6-21(7-4-19)42(45)46;;/h3-8,11,17-18,22,25,28-30,32,34,36H,9-10,12-16,35H2,1-2H3,(H,37,38)(H2,47,48,49);;. The summed E-state index contributed by atoms with van der Waals surface area (Å²) >= 11 is 1.57. The minimum Gasteiger partial charge on any atom is -0.452 e. The SMILES string of the molecule is CN(C)C(=O)COC(=O)c1cc(C2OC3C(CSCCN)OC(n4cnc5c4NC=NC5NCc4ccc([N+](=O)[O-])cc4)C3O2)ccc1OP1(=O)OCC(OP(=O)(O)O)CO1.[Fm].[Fm]. The van der Waals surface area contributed by atoms with Crippen molar-refractivity contribution in [3.05, 3.63) is 81.3 Å². The number of phosphoric ester groups is 2. The number of aromatic nitrogens is 2. The number of imidazole rings is 1. The van der Waals surface area contributed by atoms with Crippen molar-refractivity contribution in [1.82, 2.24) is 19.8 Å². The van der Waals surface area contributed by atoms with Crippen LogP contribution in [0.2, 0.25) is 0 Å². The summed E-state index contributed by atoms with van der Waals surface area (Å²) in [7, 11) is -6.43. The monoisotopic (exact) mass is 1430 g/mol. The van der Waals surface area contributed by atoms with Crippen molar-refractivity contribution in [2.75, 3.05) is 57.3 Å². The molecule has 0 aliphatic carbocycles. The number of amides is 1. The number of nitrogens with one attached hydrogen (secondary N) is 2. The molecule has 0 radical (unpaired) electrons. The molecule has 2 aromatic carbocycles. The third-order valence-electron chi connectivity index (χ3n) is 9.47. The number of hydrogen-bond acceptors (Lipinski definition) is 20. The fraction of sp³-hybridized carbons (Fsp3) is 0.471. The van der Waals surface area contributed by atoms with Crippen LogP contribution in [-0.2, 0) is 53.0 Å². The van der Waals surface area contributed by atoms with Gasteiger partial charge in [0.25, 0.3) is 11.6 Å². The van der Waals surface area contributed by atoms with Crippen molar-refractivity contribution in [2.24, 2.45) is 10.7 Å². The minimum atomic E-state index is -4.91. The molecule has 24 nitrogen and oxygen atoms in total. The molecule has 0 spiro atoms. The largest absolute Gasteiger partial charge is 0.530 e. The number of anilines is 1. The number of thioether (sulfide) groups is 1. The van der Waals surface area contributed by atoms with Crippen LogP contribution < -0.4 is 20.9 Å². The Balaban J connectivity index is 0.00000374. The number of nitrogens with zero attached hydrogens (tertiary/aromatic N) is 5. The molecule has 7 rings (SSSR count). The maximum absolute atomic E-state index is 13.5. The number of aliphatic imine (C=N–C) groups is 1. The maximum Gasteiger partial charge on any atom is 0.530 e. The van der Waals surface area contributed by atoms with Gasteiger partial charge in [-0.25, -0.2) is 23.9 Å². The summed E-state index contributed by atoms with van der Waals surface area (Å²) in [5.41, 5.74) is 7.12. The molecule has 4 aliphatic rings. The second-order valence-corrected chi connectivity index (χ2v) is 17.9. The Bertz CT molecular complexity index is 2230. The smallest absolute Gasteiger partial charge is 0.452 e. The molecular weight excluding hydrogens is 1380 g/mol. The summed E-state index contributed by atoms with van der Waals surface area (Å²) < 4.78 is 71.8. The third-order valence-corrected chi connectivity index (χ3v) is 12.5. The van der Waals surface area contributed by atoms with Crippen LogP contribution in [0.25, 0.3) is 0 Å². The van der Waals surface area contributed by atoms with E-state index >= 15 is 0 Å². The Hall–Kier alpha value is -6.33. The average molecular weight is 1430 g/mol. The van der Waals surface area contributed by atoms with Gasteiger partial charge in [0.2, 0.25) is 0 Å². The number of non-ortho nitro benzene ring substituents is 1. The third kappa shape index (κ3) is 11.0. The van der Waals surface area contributed by atoms with Crippen LogP contribution in [-0.4, -0.2) is 124 Å². The number of benzene rings is 2. The van der Waals surface area contributed by atoms with Gasteiger partial charge in [-0.05, 0) is 17.7 Å². The molecule has 1 amide bonds. The molecule has 29 heteroatoms. The first-order valence-corrected chi connectivity index (χ1v) is 22.7. The first kappa shape index (κ1) is 47.7. The Morgan fingerprint density at radius 1 is 1.13 bits per heavy atom. The van der Waals surface area contributed by atoms with Gasteiger partial charge in [0, 0.05) is 56.4 Å². The predicted octanol–water partition coefficient (Wildman–Crippen LogP) is 2.36. The Morgan fingerprint density at radius 3 is 2.51 bits per heavy atom. The number of phosphoric acid groups is 2. The summed E-state index contributed by atoms with van der Waals surface area (Å²) in [6, 6.07) is 10.3. The number of nitro benzene ring substituents is 1. The van der Waals surface area contributed by atoms with E-state index < -0.39 is 95.4 Å². The Labute approximate surface area is 351 Å². The number of hydrogen-bond donors (Lipinski definition) is 5. The Morgan fingerprint density at radius 2 is 1.84 bits per heavy atom. The normalized spacial score (nSPS) is 26.0. The Kier molecular flexibility index (Phi) is 15.0. The quantitative estimate of drug-likeness (QED) is 0.0426. The van der Waals surface area contributed by atoms with Crippen LogP contribution in [0.5, 0.6) is 5.75 Å². The number of fused-ring (bicyclic) bond motifs is 2. The molecule has 63 heavy (non-hydrogen) atoms. The fourth-order valence-corrected chi connectivity index (χ4v) is 9.14. The molecule has 6 unspecified atom stereocenters. The van der Waals surface area contributed by atoms with E-state index in [2.05, 4.69) is 25.1 Å². The van der Waals surface area contributed by atoms with Crippen molar-refractivity contribution >= 4 is 57.1 Å². The van der Waals surface area contributed by atoms with E-state index in [0.29, 0.717) is 41.7 Å². The minimum absolute atomic E-state index is 0. The summed E-state index contributed by atoms with van der Waals surface area (Å²) in [4.78, 5) is 65.0. The van der Waals surface area contributed by atoms with Gasteiger partial charge in [0.1, 0.15) is 47.3 Å². The van der Waals surface area contributed by atoms with E-state index in [1.165, 1.54) is 55.7 Å². The first-order valence-electron chi connectivity index (χ1n) is 18.5. The number of likely N-dealkylation sites (N-methyl/N-ethyl adjacent to an activating group) is 1. The number of ether oxygens (including phenoxy) is 4. The van der Waals surface area contributed by atoms with Crippen LogP contribution in [0, 0.1) is 10.1 Å². The maximum atomic E-state index is 13.5. The number of nitrogens with two attached hydrogens (primary N) is 1. The molecule has 4 aliphatic heterocycles. The van der Waals surface area contributed by atoms with E-state index in [9.17, 15) is 28.8 Å². The topological polar surface area (TPSA) is 309 Å². The number of esters is 1. The molecule has 0 saturated carbocycles. The molecule has 1 aromatic heterocycles. The van der Waals surface area contributed by atoms with E-state index in [1.807, 2.05) is 0 Å². The molecular formula is C34H42Fm2N8O16P2S. The zero-order chi connectivity index (χ0) is 43.5. The number of carbonyl (C=O) groups excluding carboxylic acids is 2. The fourth-order valence-electron chi connectivity index (χ4n) is 6.52. The van der Waals surface area contributed by atoms with Crippen LogP contribution in [0.3, 0.4) is 0 Å². The van der Waals surface area contributed by atoms with Gasteiger partial charge in [-0.2, -0.15) is 11.8 Å². The van der Waals surface area contributed by atoms with Crippen molar-refractivity contribution in [2.45, 2.75) is 49.6 Å². The van der Waals surface area contributed by atoms with E-state index in [4.69, 9.17) is 48.0 Å². The first-order chi connectivity index (χ1) is 29.1. The summed E-state index contributed by atoms with van der Waals surface area (Å²) in [5.74, 6) is -0.163. The van der Waals surface area contributed by atoms with Crippen molar-refractivity contribution in [3.63, 3.8) is 0 Å². The summed E-state index contributed by atoms with van der Waals surface area (Å²) in [6.45, 7) is -0.988. The molecule has 3 aromatic rings. The predicted molar refractivity (Wildman–Crippen MR) is 212 cm³/mol. The van der Waals surface area contributed by atoms with Crippen LogP contribution >= 0.6 is 27.4 Å². The van der Waals surface area contributed by atoms with Crippen LogP contribution in [0.15, 0.2) is 53.8 Å².